The van der Waals surface area contributed by atoms with Crippen LogP contribution >= 0.6 is 0 Å². The number of aliphatic hydroxyl groups is 1. The van der Waals surface area contributed by atoms with Crippen molar-refractivity contribution in [1.82, 2.24) is 4.90 Å². The molecule has 3 atom stereocenters. The van der Waals surface area contributed by atoms with Gasteiger partial charge in [0.05, 0.1) is 6.10 Å². The summed E-state index contributed by atoms with van der Waals surface area (Å²) >= 11 is 0. The second-order valence-electron chi connectivity index (χ2n) is 5.18. The van der Waals surface area contributed by atoms with Crippen LogP contribution in [0.4, 0.5) is 0 Å². The predicted octanol–water partition coefficient (Wildman–Crippen LogP) is 0.188. The molecule has 0 bridgehead atoms. The average molecular weight is 272 g/mol. The highest BCUT2D eigenvalue weighted by Crippen LogP contribution is 2.21. The molecule has 4 N–H and O–H groups in total. The van der Waals surface area contributed by atoms with Crippen LogP contribution in [-0.4, -0.2) is 52.2 Å². The second kappa shape index (κ2) is 7.45. The van der Waals surface area contributed by atoms with E-state index in [1.807, 2.05) is 0 Å². The zero-order valence-electron chi connectivity index (χ0n) is 11.4. The molecule has 1 aliphatic rings. The Labute approximate surface area is 113 Å². The molecule has 1 saturated heterocycles. The molecule has 0 aromatic heterocycles. The maximum absolute atomic E-state index is 12.1. The number of aliphatic carboxylic acids is 1. The minimum Gasteiger partial charge on any atom is -0.480 e. The highest BCUT2D eigenvalue weighted by atomic mass is 16.4. The van der Waals surface area contributed by atoms with Gasteiger partial charge in [0.1, 0.15) is 6.04 Å². The summed E-state index contributed by atoms with van der Waals surface area (Å²) in [5, 5.41) is 18.5. The Bertz CT molecular complexity index is 322. The van der Waals surface area contributed by atoms with E-state index in [0.29, 0.717) is 18.9 Å². The first-order valence-corrected chi connectivity index (χ1v) is 6.90. The van der Waals surface area contributed by atoms with Gasteiger partial charge < -0.3 is 20.8 Å². The molecule has 1 fully saturated rings. The zero-order chi connectivity index (χ0) is 14.4. The summed E-state index contributed by atoms with van der Waals surface area (Å²) < 4.78 is 0. The van der Waals surface area contributed by atoms with Gasteiger partial charge in [-0.05, 0) is 25.3 Å². The number of carbonyl (C=O) groups is 2. The topological polar surface area (TPSA) is 104 Å². The standard InChI is InChI=1S/C13H24N2O4/c1-2-9(5-6-14)3-4-12(17)15-8-10(16)7-11(15)13(18)19/h9-11,16H,2-8,14H2,1H3,(H,18,19)/t9?,10-,11+/m1/s1. The molecule has 0 aliphatic carbocycles. The number of carboxylic acid groups (broad SMARTS) is 1. The van der Waals surface area contributed by atoms with Crippen molar-refractivity contribution in [3.05, 3.63) is 0 Å². The Morgan fingerprint density at radius 1 is 1.42 bits per heavy atom. The lowest BCUT2D eigenvalue weighted by Crippen LogP contribution is -2.40. The first-order chi connectivity index (χ1) is 8.99. The summed E-state index contributed by atoms with van der Waals surface area (Å²) in [5.41, 5.74) is 5.51. The maximum atomic E-state index is 12.1. The van der Waals surface area contributed by atoms with E-state index in [1.165, 1.54) is 4.90 Å². The van der Waals surface area contributed by atoms with E-state index < -0.39 is 18.1 Å². The third kappa shape index (κ3) is 4.47. The monoisotopic (exact) mass is 272 g/mol. The number of likely N-dealkylation sites (tertiary alicyclic amines) is 1. The molecule has 0 saturated carbocycles. The predicted molar refractivity (Wildman–Crippen MR) is 70.4 cm³/mol. The third-order valence-corrected chi connectivity index (χ3v) is 3.80. The second-order valence-corrected chi connectivity index (χ2v) is 5.18. The number of rotatable bonds is 7. The highest BCUT2D eigenvalue weighted by Gasteiger charge is 2.38. The smallest absolute Gasteiger partial charge is 0.326 e. The number of hydrogen-bond donors (Lipinski definition) is 3. The molecule has 1 unspecified atom stereocenters. The van der Waals surface area contributed by atoms with Crippen molar-refractivity contribution in [3.63, 3.8) is 0 Å². The fourth-order valence-corrected chi connectivity index (χ4v) is 2.58. The van der Waals surface area contributed by atoms with Crippen LogP contribution < -0.4 is 5.73 Å². The number of aliphatic hydroxyl groups excluding tert-OH is 1. The summed E-state index contributed by atoms with van der Waals surface area (Å²) in [6.07, 6.45) is 2.31. The molecule has 19 heavy (non-hydrogen) atoms. The molecule has 6 nitrogen and oxygen atoms in total. The van der Waals surface area contributed by atoms with Crippen LogP contribution in [0.25, 0.3) is 0 Å². The minimum atomic E-state index is -1.04. The van der Waals surface area contributed by atoms with Crippen LogP contribution in [0, 0.1) is 5.92 Å². The normalized spacial score (nSPS) is 24.5. The molecule has 0 radical (unpaired) electrons. The Kier molecular flexibility index (Phi) is 6.24. The van der Waals surface area contributed by atoms with Crippen molar-refractivity contribution in [1.29, 1.82) is 0 Å². The molecule has 1 aliphatic heterocycles. The lowest BCUT2D eigenvalue weighted by molar-refractivity contribution is -0.148. The number of hydrogen-bond acceptors (Lipinski definition) is 4. The minimum absolute atomic E-state index is 0.126. The van der Waals surface area contributed by atoms with Gasteiger partial charge in [0, 0.05) is 19.4 Å². The number of nitrogens with zero attached hydrogens (tertiary/aromatic N) is 1. The maximum Gasteiger partial charge on any atom is 0.326 e. The van der Waals surface area contributed by atoms with Crippen LogP contribution in [0.3, 0.4) is 0 Å². The van der Waals surface area contributed by atoms with E-state index in [-0.39, 0.29) is 18.9 Å². The number of nitrogens with two attached hydrogens (primary N) is 1. The first kappa shape index (κ1) is 15.9. The van der Waals surface area contributed by atoms with Crippen molar-refractivity contribution < 1.29 is 19.8 Å². The summed E-state index contributed by atoms with van der Waals surface area (Å²) in [7, 11) is 0. The van der Waals surface area contributed by atoms with E-state index >= 15 is 0 Å². The number of carbonyl (C=O) groups excluding carboxylic acids is 1. The van der Waals surface area contributed by atoms with Crippen LogP contribution in [-0.2, 0) is 9.59 Å². The lowest BCUT2D eigenvalue weighted by atomic mass is 9.96. The molecule has 0 aromatic rings. The van der Waals surface area contributed by atoms with E-state index in [2.05, 4.69) is 6.92 Å². The number of β-amino-alcohol motifs (C(OH)–C–C–N with tert-alkyl or cyclic N) is 1. The summed E-state index contributed by atoms with van der Waals surface area (Å²) in [5.74, 6) is -0.817. The van der Waals surface area contributed by atoms with E-state index in [0.717, 1.165) is 19.3 Å². The Balaban J connectivity index is 2.50. The molecular formula is C13H24N2O4. The average Bonchev–Trinajstić information content (AvgIpc) is 2.76. The summed E-state index contributed by atoms with van der Waals surface area (Å²) in [4.78, 5) is 24.4. The van der Waals surface area contributed by atoms with Crippen molar-refractivity contribution in [2.75, 3.05) is 13.1 Å². The van der Waals surface area contributed by atoms with Crippen molar-refractivity contribution in [2.24, 2.45) is 11.7 Å². The van der Waals surface area contributed by atoms with Gasteiger partial charge in [-0.2, -0.15) is 0 Å². The van der Waals surface area contributed by atoms with Gasteiger partial charge in [-0.15, -0.1) is 0 Å². The Hall–Kier alpha value is -1.14. The van der Waals surface area contributed by atoms with E-state index in [4.69, 9.17) is 10.8 Å². The molecule has 1 heterocycles. The van der Waals surface area contributed by atoms with Gasteiger partial charge in [-0.1, -0.05) is 13.3 Å². The molecule has 110 valence electrons. The van der Waals surface area contributed by atoms with Crippen molar-refractivity contribution in [2.45, 2.75) is 51.2 Å². The summed E-state index contributed by atoms with van der Waals surface area (Å²) in [6.45, 7) is 2.79. The highest BCUT2D eigenvalue weighted by molar-refractivity contribution is 5.84. The lowest BCUT2D eigenvalue weighted by Gasteiger charge is -2.22. The van der Waals surface area contributed by atoms with Gasteiger partial charge in [-0.3, -0.25) is 4.79 Å². The van der Waals surface area contributed by atoms with Gasteiger partial charge in [-0.25, -0.2) is 4.79 Å². The quantitative estimate of drug-likeness (QED) is 0.613. The molecule has 1 amide bonds. The Morgan fingerprint density at radius 3 is 2.63 bits per heavy atom. The van der Waals surface area contributed by atoms with E-state index in [9.17, 15) is 14.7 Å². The third-order valence-electron chi connectivity index (χ3n) is 3.80. The molecule has 0 spiro atoms. The van der Waals surface area contributed by atoms with Crippen LogP contribution in [0.2, 0.25) is 0 Å². The molecule has 6 heteroatoms. The molecule has 0 aromatic carbocycles. The summed E-state index contributed by atoms with van der Waals surface area (Å²) in [6, 6.07) is -0.878. The van der Waals surface area contributed by atoms with Crippen molar-refractivity contribution >= 4 is 11.9 Å². The fourth-order valence-electron chi connectivity index (χ4n) is 2.58. The zero-order valence-corrected chi connectivity index (χ0v) is 11.4. The van der Waals surface area contributed by atoms with Gasteiger partial charge in [0.2, 0.25) is 5.91 Å². The molecule has 1 rings (SSSR count). The van der Waals surface area contributed by atoms with Gasteiger partial charge >= 0.3 is 5.97 Å². The fraction of sp³-hybridized carbons (Fsp3) is 0.846. The largest absolute Gasteiger partial charge is 0.480 e. The number of amides is 1. The van der Waals surface area contributed by atoms with E-state index in [1.54, 1.807) is 0 Å². The number of carboxylic acids is 1. The van der Waals surface area contributed by atoms with Gasteiger partial charge in [0.15, 0.2) is 0 Å². The Morgan fingerprint density at radius 2 is 2.11 bits per heavy atom. The van der Waals surface area contributed by atoms with Crippen LogP contribution in [0.1, 0.15) is 39.0 Å². The first-order valence-electron chi connectivity index (χ1n) is 6.90. The van der Waals surface area contributed by atoms with Gasteiger partial charge in [0.25, 0.3) is 0 Å². The van der Waals surface area contributed by atoms with Crippen LogP contribution in [0.5, 0.6) is 0 Å². The van der Waals surface area contributed by atoms with Crippen molar-refractivity contribution in [3.8, 4) is 0 Å². The molecular weight excluding hydrogens is 248 g/mol. The van der Waals surface area contributed by atoms with Crippen LogP contribution in [0.15, 0.2) is 0 Å². The SMILES string of the molecule is CCC(CCN)CCC(=O)N1C[C@H](O)C[C@H]1C(=O)O.